The number of hydrogen-bond donors (Lipinski definition) is 2. The summed E-state index contributed by atoms with van der Waals surface area (Å²) in [6.45, 7) is 5.96. The fourth-order valence-corrected chi connectivity index (χ4v) is 2.79. The minimum absolute atomic E-state index is 0.631. The van der Waals surface area contributed by atoms with E-state index in [2.05, 4.69) is 50.7 Å². The number of benzene rings is 1. The Kier molecular flexibility index (Phi) is 6.62. The van der Waals surface area contributed by atoms with E-state index in [1.54, 1.807) is 25.8 Å². The molecule has 0 amide bonds. The maximum atomic E-state index is 5.75. The van der Waals surface area contributed by atoms with Crippen molar-refractivity contribution in [2.75, 3.05) is 13.7 Å². The number of guanidine groups is 1. The first-order valence-corrected chi connectivity index (χ1v) is 9.29. The van der Waals surface area contributed by atoms with Gasteiger partial charge in [-0.25, -0.2) is 9.97 Å². The second-order valence-corrected chi connectivity index (χ2v) is 6.32. The molecule has 146 valence electrons. The summed E-state index contributed by atoms with van der Waals surface area (Å²) in [5.41, 5.74) is 3.38. The maximum absolute atomic E-state index is 5.75. The molecule has 0 aliphatic heterocycles. The third-order valence-electron chi connectivity index (χ3n) is 4.23. The van der Waals surface area contributed by atoms with Crippen molar-refractivity contribution in [1.29, 1.82) is 0 Å². The SMILES string of the molecule is CCOc1cc(C)ccc1CNC(=NC)NCc1ccnc(-n2ccnc2)c1. The number of nitrogens with one attached hydrogen (secondary N) is 2. The first kappa shape index (κ1) is 19.4. The van der Waals surface area contributed by atoms with E-state index in [1.807, 2.05) is 29.8 Å². The Morgan fingerprint density at radius 3 is 2.75 bits per heavy atom. The fourth-order valence-electron chi connectivity index (χ4n) is 2.79. The number of aliphatic imine (C=N–C) groups is 1. The van der Waals surface area contributed by atoms with Gasteiger partial charge in [-0.05, 0) is 43.2 Å². The van der Waals surface area contributed by atoms with Crippen LogP contribution in [0.4, 0.5) is 0 Å². The maximum Gasteiger partial charge on any atom is 0.191 e. The molecule has 0 aliphatic carbocycles. The van der Waals surface area contributed by atoms with E-state index in [-0.39, 0.29) is 0 Å². The summed E-state index contributed by atoms with van der Waals surface area (Å²) >= 11 is 0. The molecule has 0 saturated heterocycles. The average Bonchev–Trinajstić information content (AvgIpc) is 3.25. The van der Waals surface area contributed by atoms with Crippen molar-refractivity contribution in [3.8, 4) is 11.6 Å². The fraction of sp³-hybridized carbons (Fsp3) is 0.286. The van der Waals surface area contributed by atoms with E-state index < -0.39 is 0 Å². The summed E-state index contributed by atoms with van der Waals surface area (Å²) in [5, 5.41) is 6.68. The van der Waals surface area contributed by atoms with Crippen molar-refractivity contribution in [3.05, 3.63) is 71.9 Å². The average molecular weight is 378 g/mol. The van der Waals surface area contributed by atoms with Crippen LogP contribution in [0, 0.1) is 6.92 Å². The number of aryl methyl sites for hydroxylation is 1. The number of aromatic nitrogens is 3. The first-order chi connectivity index (χ1) is 13.7. The van der Waals surface area contributed by atoms with E-state index in [4.69, 9.17) is 4.74 Å². The largest absolute Gasteiger partial charge is 0.494 e. The second kappa shape index (κ2) is 9.55. The zero-order valence-corrected chi connectivity index (χ0v) is 16.5. The molecule has 0 radical (unpaired) electrons. The van der Waals surface area contributed by atoms with Gasteiger partial charge >= 0.3 is 0 Å². The molecule has 3 aromatic rings. The van der Waals surface area contributed by atoms with Crippen molar-refractivity contribution in [1.82, 2.24) is 25.2 Å². The van der Waals surface area contributed by atoms with Crippen LogP contribution in [0.1, 0.15) is 23.6 Å². The molecule has 0 saturated carbocycles. The van der Waals surface area contributed by atoms with Crippen LogP contribution in [-0.2, 0) is 13.1 Å². The monoisotopic (exact) mass is 378 g/mol. The predicted octanol–water partition coefficient (Wildman–Crippen LogP) is 2.84. The summed E-state index contributed by atoms with van der Waals surface area (Å²) in [7, 11) is 1.76. The van der Waals surface area contributed by atoms with Gasteiger partial charge in [0.05, 0.1) is 6.61 Å². The second-order valence-electron chi connectivity index (χ2n) is 6.32. The Labute approximate surface area is 165 Å². The van der Waals surface area contributed by atoms with Crippen LogP contribution in [0.2, 0.25) is 0 Å². The van der Waals surface area contributed by atoms with Crippen molar-refractivity contribution >= 4 is 5.96 Å². The number of imidazole rings is 1. The lowest BCUT2D eigenvalue weighted by atomic mass is 10.1. The molecule has 7 heteroatoms. The predicted molar refractivity (Wildman–Crippen MR) is 111 cm³/mol. The van der Waals surface area contributed by atoms with Gasteiger partial charge in [-0.2, -0.15) is 0 Å². The van der Waals surface area contributed by atoms with E-state index in [1.165, 1.54) is 5.56 Å². The van der Waals surface area contributed by atoms with Crippen LogP contribution < -0.4 is 15.4 Å². The van der Waals surface area contributed by atoms with Crippen LogP contribution >= 0.6 is 0 Å². The highest BCUT2D eigenvalue weighted by molar-refractivity contribution is 5.79. The lowest BCUT2D eigenvalue weighted by Crippen LogP contribution is -2.36. The van der Waals surface area contributed by atoms with E-state index in [0.29, 0.717) is 19.7 Å². The number of rotatable bonds is 7. The van der Waals surface area contributed by atoms with Gasteiger partial charge in [0.2, 0.25) is 0 Å². The van der Waals surface area contributed by atoms with Crippen molar-refractivity contribution < 1.29 is 4.74 Å². The minimum Gasteiger partial charge on any atom is -0.494 e. The lowest BCUT2D eigenvalue weighted by molar-refractivity contribution is 0.336. The van der Waals surface area contributed by atoms with Gasteiger partial charge in [0.15, 0.2) is 5.96 Å². The number of hydrogen-bond acceptors (Lipinski definition) is 4. The van der Waals surface area contributed by atoms with Gasteiger partial charge in [0.1, 0.15) is 17.9 Å². The summed E-state index contributed by atoms with van der Waals surface area (Å²) in [5.74, 6) is 2.47. The Morgan fingerprint density at radius 2 is 2.00 bits per heavy atom. The lowest BCUT2D eigenvalue weighted by Gasteiger charge is -2.15. The van der Waals surface area contributed by atoms with Crippen molar-refractivity contribution in [2.24, 2.45) is 4.99 Å². The van der Waals surface area contributed by atoms with Crippen LogP contribution in [0.5, 0.6) is 5.75 Å². The molecule has 0 atom stereocenters. The van der Waals surface area contributed by atoms with Gasteiger partial charge in [0.25, 0.3) is 0 Å². The Morgan fingerprint density at radius 1 is 1.14 bits per heavy atom. The Hall–Kier alpha value is -3.35. The van der Waals surface area contributed by atoms with E-state index in [0.717, 1.165) is 28.7 Å². The van der Waals surface area contributed by atoms with Crippen molar-refractivity contribution in [3.63, 3.8) is 0 Å². The molecule has 0 bridgehead atoms. The molecular formula is C21H26N6O. The van der Waals surface area contributed by atoms with E-state index in [9.17, 15) is 0 Å². The number of ether oxygens (including phenoxy) is 1. The summed E-state index contributed by atoms with van der Waals surface area (Å²) in [6.07, 6.45) is 7.14. The quantitative estimate of drug-likeness (QED) is 0.488. The molecule has 0 unspecified atom stereocenters. The molecular weight excluding hydrogens is 352 g/mol. The summed E-state index contributed by atoms with van der Waals surface area (Å²) in [4.78, 5) is 12.7. The molecule has 0 fully saturated rings. The Bertz CT molecular complexity index is 920. The van der Waals surface area contributed by atoms with Crippen molar-refractivity contribution in [2.45, 2.75) is 26.9 Å². The molecule has 7 nitrogen and oxygen atoms in total. The zero-order chi connectivity index (χ0) is 19.8. The molecule has 1 aromatic carbocycles. The summed E-state index contributed by atoms with van der Waals surface area (Å²) in [6, 6.07) is 10.2. The van der Waals surface area contributed by atoms with Crippen LogP contribution in [0.25, 0.3) is 5.82 Å². The third kappa shape index (κ3) is 5.09. The molecule has 2 N–H and O–H groups in total. The molecule has 28 heavy (non-hydrogen) atoms. The minimum atomic E-state index is 0.631. The highest BCUT2D eigenvalue weighted by Crippen LogP contribution is 2.20. The normalized spacial score (nSPS) is 11.3. The van der Waals surface area contributed by atoms with Gasteiger partial charge in [0, 0.05) is 44.3 Å². The van der Waals surface area contributed by atoms with Crippen LogP contribution in [0.15, 0.2) is 60.2 Å². The molecule has 2 aromatic heterocycles. The van der Waals surface area contributed by atoms with E-state index >= 15 is 0 Å². The smallest absolute Gasteiger partial charge is 0.191 e. The van der Waals surface area contributed by atoms with Crippen LogP contribution in [-0.4, -0.2) is 34.1 Å². The van der Waals surface area contributed by atoms with Crippen LogP contribution in [0.3, 0.4) is 0 Å². The van der Waals surface area contributed by atoms with Gasteiger partial charge in [-0.3, -0.25) is 9.56 Å². The molecule has 2 heterocycles. The highest BCUT2D eigenvalue weighted by Gasteiger charge is 2.06. The third-order valence-corrected chi connectivity index (χ3v) is 4.23. The topological polar surface area (TPSA) is 76.4 Å². The highest BCUT2D eigenvalue weighted by atomic mass is 16.5. The Balaban J connectivity index is 1.59. The van der Waals surface area contributed by atoms with Gasteiger partial charge in [-0.15, -0.1) is 0 Å². The number of pyridine rings is 1. The first-order valence-electron chi connectivity index (χ1n) is 9.29. The molecule has 0 aliphatic rings. The zero-order valence-electron chi connectivity index (χ0n) is 16.5. The van der Waals surface area contributed by atoms with Gasteiger partial charge < -0.3 is 15.4 Å². The standard InChI is InChI=1S/C21H26N6O/c1-4-28-19-11-16(2)5-6-18(19)14-26-21(22-3)25-13-17-7-8-24-20(12-17)27-10-9-23-15-27/h5-12,15H,4,13-14H2,1-3H3,(H2,22,25,26). The number of nitrogens with zero attached hydrogens (tertiary/aromatic N) is 4. The molecule has 3 rings (SSSR count). The van der Waals surface area contributed by atoms with Gasteiger partial charge in [-0.1, -0.05) is 12.1 Å². The molecule has 0 spiro atoms. The summed E-state index contributed by atoms with van der Waals surface area (Å²) < 4.78 is 7.63.